The first-order chi connectivity index (χ1) is 7.00. The zero-order chi connectivity index (χ0) is 11.4. The third-order valence-corrected chi connectivity index (χ3v) is 3.74. The predicted molar refractivity (Wildman–Crippen MR) is 77.5 cm³/mol. The highest BCUT2D eigenvalue weighted by Gasteiger charge is 2.06. The van der Waals surface area contributed by atoms with Gasteiger partial charge >= 0.3 is 0 Å². The topological polar surface area (TPSA) is 12.0 Å². The molecular weight excluding hydrogens is 386 g/mol. The molecule has 0 heterocycles. The molecule has 0 unspecified atom stereocenters. The van der Waals surface area contributed by atoms with E-state index in [2.05, 4.69) is 67.0 Å². The Morgan fingerprint density at radius 3 is 2.13 bits per heavy atom. The van der Waals surface area contributed by atoms with Crippen molar-refractivity contribution >= 4 is 53.5 Å². The number of anilines is 1. The van der Waals surface area contributed by atoms with Gasteiger partial charge in [0.2, 0.25) is 0 Å². The maximum Gasteiger partial charge on any atom is 0.0629 e. The lowest BCUT2D eigenvalue weighted by Crippen LogP contribution is -2.05. The van der Waals surface area contributed by atoms with Gasteiger partial charge in [-0.15, -0.1) is 0 Å². The average molecular weight is 400 g/mol. The zero-order valence-corrected chi connectivity index (χ0v) is 13.5. The lowest BCUT2D eigenvalue weighted by molar-refractivity contribution is 0.607. The highest BCUT2D eigenvalue weighted by Crippen LogP contribution is 2.34. The van der Waals surface area contributed by atoms with Crippen LogP contribution in [-0.2, 0) is 0 Å². The molecule has 0 aliphatic rings. The molecule has 1 nitrogen and oxygen atoms in total. The normalized spacial score (nSPS) is 10.8. The summed E-state index contributed by atoms with van der Waals surface area (Å²) in [7, 11) is 0. The fourth-order valence-corrected chi connectivity index (χ4v) is 3.74. The number of rotatable bonds is 4. The molecule has 4 heteroatoms. The number of benzene rings is 1. The van der Waals surface area contributed by atoms with Crippen molar-refractivity contribution in [1.29, 1.82) is 0 Å². The summed E-state index contributed by atoms with van der Waals surface area (Å²) in [6.45, 7) is 5.46. The number of nitrogens with one attached hydrogen (secondary N) is 1. The third-order valence-electron chi connectivity index (χ3n) is 2.03. The molecule has 0 aromatic heterocycles. The molecule has 1 rings (SSSR count). The van der Waals surface area contributed by atoms with Crippen LogP contribution < -0.4 is 5.32 Å². The molecule has 0 amide bonds. The van der Waals surface area contributed by atoms with Crippen molar-refractivity contribution in [3.63, 3.8) is 0 Å². The van der Waals surface area contributed by atoms with E-state index in [1.54, 1.807) is 0 Å². The molecular formula is C11H14Br3N. The van der Waals surface area contributed by atoms with Gasteiger partial charge in [0.05, 0.1) is 5.69 Å². The van der Waals surface area contributed by atoms with Gasteiger partial charge in [-0.2, -0.15) is 0 Å². The van der Waals surface area contributed by atoms with Crippen LogP contribution in [0.5, 0.6) is 0 Å². The van der Waals surface area contributed by atoms with Crippen LogP contribution in [0.15, 0.2) is 25.6 Å². The van der Waals surface area contributed by atoms with Crippen LogP contribution in [0, 0.1) is 5.92 Å². The van der Waals surface area contributed by atoms with E-state index in [9.17, 15) is 0 Å². The maximum absolute atomic E-state index is 3.54. The Balaban J connectivity index is 2.68. The van der Waals surface area contributed by atoms with Crippen molar-refractivity contribution in [1.82, 2.24) is 0 Å². The van der Waals surface area contributed by atoms with Gasteiger partial charge in [-0.3, -0.25) is 0 Å². The molecule has 0 fully saturated rings. The average Bonchev–Trinajstić information content (AvgIpc) is 2.08. The second-order valence-corrected chi connectivity index (χ2v) is 6.48. The molecule has 0 radical (unpaired) electrons. The first kappa shape index (κ1) is 13.5. The predicted octanol–water partition coefficient (Wildman–Crippen LogP) is 5.43. The van der Waals surface area contributed by atoms with E-state index in [1.165, 1.54) is 6.42 Å². The Labute approximate surface area is 116 Å². The molecule has 0 aliphatic heterocycles. The van der Waals surface area contributed by atoms with Crippen molar-refractivity contribution in [3.05, 3.63) is 25.6 Å². The second-order valence-electron chi connectivity index (χ2n) is 3.85. The fraction of sp³-hybridized carbons (Fsp3) is 0.455. The third kappa shape index (κ3) is 4.45. The van der Waals surface area contributed by atoms with Gasteiger partial charge < -0.3 is 5.32 Å². The lowest BCUT2D eigenvalue weighted by atomic mass is 10.1. The van der Waals surface area contributed by atoms with Crippen LogP contribution >= 0.6 is 47.8 Å². The SMILES string of the molecule is CC(C)CCNc1c(Br)cc(Br)cc1Br. The highest BCUT2D eigenvalue weighted by atomic mass is 79.9. The molecule has 1 aromatic rings. The van der Waals surface area contributed by atoms with E-state index >= 15 is 0 Å². The highest BCUT2D eigenvalue weighted by molar-refractivity contribution is 9.11. The van der Waals surface area contributed by atoms with Gasteiger partial charge in [0.15, 0.2) is 0 Å². The fourth-order valence-electron chi connectivity index (χ4n) is 1.20. The van der Waals surface area contributed by atoms with Gasteiger partial charge in [-0.25, -0.2) is 0 Å². The summed E-state index contributed by atoms with van der Waals surface area (Å²) >= 11 is 10.5. The number of hydrogen-bond acceptors (Lipinski definition) is 1. The summed E-state index contributed by atoms with van der Waals surface area (Å²) in [6.07, 6.45) is 1.18. The van der Waals surface area contributed by atoms with Gasteiger partial charge in [-0.1, -0.05) is 29.8 Å². The molecule has 0 bridgehead atoms. The van der Waals surface area contributed by atoms with E-state index in [-0.39, 0.29) is 0 Å². The van der Waals surface area contributed by atoms with Crippen LogP contribution in [0.2, 0.25) is 0 Å². The van der Waals surface area contributed by atoms with Crippen molar-refractivity contribution in [2.24, 2.45) is 5.92 Å². The van der Waals surface area contributed by atoms with Gasteiger partial charge in [0.1, 0.15) is 0 Å². The van der Waals surface area contributed by atoms with Crippen molar-refractivity contribution in [2.45, 2.75) is 20.3 Å². The first-order valence-corrected chi connectivity index (χ1v) is 7.27. The summed E-state index contributed by atoms with van der Waals surface area (Å²) in [5.41, 5.74) is 1.12. The molecule has 1 N–H and O–H groups in total. The Kier molecular flexibility index (Phi) is 5.64. The van der Waals surface area contributed by atoms with Crippen LogP contribution in [0.4, 0.5) is 5.69 Å². The van der Waals surface area contributed by atoms with Crippen LogP contribution in [0.1, 0.15) is 20.3 Å². The molecule has 0 aliphatic carbocycles. The minimum atomic E-state index is 0.727. The lowest BCUT2D eigenvalue weighted by Gasteiger charge is -2.12. The molecule has 0 atom stereocenters. The Morgan fingerprint density at radius 2 is 1.67 bits per heavy atom. The quantitative estimate of drug-likeness (QED) is 0.711. The summed E-state index contributed by atoms with van der Waals surface area (Å²) in [4.78, 5) is 0. The Hall–Kier alpha value is 0.460. The van der Waals surface area contributed by atoms with Gasteiger partial charge in [0, 0.05) is 20.0 Å². The standard InChI is InChI=1S/C11H14Br3N/c1-7(2)3-4-15-11-9(13)5-8(12)6-10(11)14/h5-7,15H,3-4H2,1-2H3. The van der Waals surface area contributed by atoms with Crippen LogP contribution in [0.25, 0.3) is 0 Å². The van der Waals surface area contributed by atoms with E-state index in [0.29, 0.717) is 0 Å². The summed E-state index contributed by atoms with van der Waals surface area (Å²) in [5.74, 6) is 0.727. The van der Waals surface area contributed by atoms with Crippen molar-refractivity contribution < 1.29 is 0 Å². The minimum Gasteiger partial charge on any atom is -0.383 e. The molecule has 0 spiro atoms. The van der Waals surface area contributed by atoms with Crippen molar-refractivity contribution in [2.75, 3.05) is 11.9 Å². The summed E-state index contributed by atoms with van der Waals surface area (Å²) in [5, 5.41) is 3.43. The molecule has 15 heavy (non-hydrogen) atoms. The van der Waals surface area contributed by atoms with E-state index in [4.69, 9.17) is 0 Å². The first-order valence-electron chi connectivity index (χ1n) is 4.89. The Morgan fingerprint density at radius 1 is 1.13 bits per heavy atom. The second kappa shape index (κ2) is 6.26. The van der Waals surface area contributed by atoms with Gasteiger partial charge in [-0.05, 0) is 56.3 Å². The Bertz CT molecular complexity index is 314. The summed E-state index contributed by atoms with van der Waals surface area (Å²) < 4.78 is 3.22. The van der Waals surface area contributed by atoms with E-state index in [1.807, 2.05) is 12.1 Å². The molecule has 84 valence electrons. The molecule has 0 saturated carbocycles. The monoisotopic (exact) mass is 397 g/mol. The van der Waals surface area contributed by atoms with Gasteiger partial charge in [0.25, 0.3) is 0 Å². The zero-order valence-electron chi connectivity index (χ0n) is 8.78. The summed E-state index contributed by atoms with van der Waals surface area (Å²) in [6, 6.07) is 4.09. The minimum absolute atomic E-state index is 0.727. The molecule has 0 saturated heterocycles. The number of hydrogen-bond donors (Lipinski definition) is 1. The molecule has 1 aromatic carbocycles. The number of halogens is 3. The van der Waals surface area contributed by atoms with E-state index < -0.39 is 0 Å². The largest absolute Gasteiger partial charge is 0.383 e. The van der Waals surface area contributed by atoms with Crippen molar-refractivity contribution in [3.8, 4) is 0 Å². The van der Waals surface area contributed by atoms with Crippen LogP contribution in [-0.4, -0.2) is 6.54 Å². The van der Waals surface area contributed by atoms with E-state index in [0.717, 1.165) is 31.6 Å². The van der Waals surface area contributed by atoms with Crippen LogP contribution in [0.3, 0.4) is 0 Å². The smallest absolute Gasteiger partial charge is 0.0629 e. The maximum atomic E-state index is 3.54.